The number of aliphatic hydroxyl groups excluding tert-OH is 1. The highest BCUT2D eigenvalue weighted by atomic mass is 16.8. The standard InChI is InChI=1S/C22H34O5/c1-5-6-7-8-9-10-11-12-19-13-15-20(16-14-19)26-22(25,18(4)23)27-21(24)17(2)3/h13-16,18,23,25H,2,5-12H2,1,3-4H3. The highest BCUT2D eigenvalue weighted by Gasteiger charge is 2.40. The molecule has 2 unspecified atom stereocenters. The third-order valence-corrected chi connectivity index (χ3v) is 4.37. The van der Waals surface area contributed by atoms with Gasteiger partial charge in [0.05, 0.1) is 0 Å². The summed E-state index contributed by atoms with van der Waals surface area (Å²) in [6, 6.07) is 7.21. The number of aliphatic hydroxyl groups is 2. The van der Waals surface area contributed by atoms with Gasteiger partial charge in [-0.2, -0.15) is 0 Å². The van der Waals surface area contributed by atoms with E-state index in [1.54, 1.807) is 12.1 Å². The van der Waals surface area contributed by atoms with Crippen LogP contribution in [-0.2, 0) is 16.0 Å². The molecule has 0 aliphatic rings. The first-order chi connectivity index (χ1) is 12.8. The van der Waals surface area contributed by atoms with E-state index >= 15 is 0 Å². The topological polar surface area (TPSA) is 76.0 Å². The average molecular weight is 379 g/mol. The van der Waals surface area contributed by atoms with Crippen LogP contribution in [0.4, 0.5) is 0 Å². The Bertz CT molecular complexity index is 579. The maximum atomic E-state index is 11.7. The van der Waals surface area contributed by atoms with Crippen molar-refractivity contribution in [2.75, 3.05) is 0 Å². The van der Waals surface area contributed by atoms with Crippen molar-refractivity contribution in [1.82, 2.24) is 0 Å². The van der Waals surface area contributed by atoms with Gasteiger partial charge < -0.3 is 19.7 Å². The molecule has 0 fully saturated rings. The van der Waals surface area contributed by atoms with Crippen LogP contribution >= 0.6 is 0 Å². The molecule has 152 valence electrons. The summed E-state index contributed by atoms with van der Waals surface area (Å²) >= 11 is 0. The highest BCUT2D eigenvalue weighted by molar-refractivity contribution is 5.87. The fraction of sp³-hybridized carbons (Fsp3) is 0.591. The molecule has 0 spiro atoms. The maximum Gasteiger partial charge on any atom is 0.398 e. The predicted octanol–water partition coefficient (Wildman–Crippen LogP) is 4.50. The van der Waals surface area contributed by atoms with E-state index in [4.69, 9.17) is 9.47 Å². The Labute approximate surface area is 163 Å². The minimum atomic E-state index is -2.46. The van der Waals surface area contributed by atoms with Crippen LogP contribution < -0.4 is 4.74 Å². The van der Waals surface area contributed by atoms with Crippen molar-refractivity contribution in [1.29, 1.82) is 0 Å². The Hall–Kier alpha value is -1.85. The lowest BCUT2D eigenvalue weighted by molar-refractivity contribution is -0.337. The molecule has 0 aromatic heterocycles. The van der Waals surface area contributed by atoms with E-state index < -0.39 is 18.0 Å². The molecular weight excluding hydrogens is 344 g/mol. The number of carbonyl (C=O) groups is 1. The second kappa shape index (κ2) is 11.8. The molecule has 1 aromatic carbocycles. The van der Waals surface area contributed by atoms with E-state index in [9.17, 15) is 15.0 Å². The number of carbonyl (C=O) groups excluding carboxylic acids is 1. The summed E-state index contributed by atoms with van der Waals surface area (Å²) < 4.78 is 10.2. The molecule has 0 radical (unpaired) electrons. The molecule has 0 amide bonds. The van der Waals surface area contributed by atoms with Crippen LogP contribution in [0.3, 0.4) is 0 Å². The Balaban J connectivity index is 2.51. The summed E-state index contributed by atoms with van der Waals surface area (Å²) in [7, 11) is 0. The van der Waals surface area contributed by atoms with Crippen LogP contribution in [0.1, 0.15) is 71.3 Å². The first kappa shape index (κ1) is 23.2. The Kier molecular flexibility index (Phi) is 10.1. The van der Waals surface area contributed by atoms with Gasteiger partial charge in [-0.15, -0.1) is 0 Å². The van der Waals surface area contributed by atoms with Crippen LogP contribution in [-0.4, -0.2) is 28.3 Å². The van der Waals surface area contributed by atoms with E-state index in [2.05, 4.69) is 13.5 Å². The van der Waals surface area contributed by atoms with Crippen molar-refractivity contribution >= 4 is 5.97 Å². The lowest BCUT2D eigenvalue weighted by Gasteiger charge is -2.30. The molecule has 0 aliphatic carbocycles. The van der Waals surface area contributed by atoms with Crippen LogP contribution in [0.2, 0.25) is 0 Å². The quantitative estimate of drug-likeness (QED) is 0.229. The van der Waals surface area contributed by atoms with Gasteiger partial charge in [0.2, 0.25) is 0 Å². The second-order valence-corrected chi connectivity index (χ2v) is 7.09. The van der Waals surface area contributed by atoms with E-state index in [-0.39, 0.29) is 5.57 Å². The Morgan fingerprint density at radius 1 is 1.11 bits per heavy atom. The molecule has 0 saturated heterocycles. The molecule has 0 heterocycles. The minimum absolute atomic E-state index is 0.0997. The lowest BCUT2D eigenvalue weighted by Crippen LogP contribution is -2.50. The number of hydrogen-bond acceptors (Lipinski definition) is 5. The number of ether oxygens (including phenoxy) is 2. The number of benzene rings is 1. The van der Waals surface area contributed by atoms with Gasteiger partial charge in [-0.3, -0.25) is 0 Å². The Morgan fingerprint density at radius 3 is 2.19 bits per heavy atom. The number of esters is 1. The summed E-state index contributed by atoms with van der Waals surface area (Å²) in [6.07, 6.45) is 8.41. The molecule has 0 bridgehead atoms. The first-order valence-corrected chi connectivity index (χ1v) is 9.85. The zero-order chi connectivity index (χ0) is 20.3. The molecule has 0 saturated carbocycles. The maximum absolute atomic E-state index is 11.7. The van der Waals surface area contributed by atoms with Crippen molar-refractivity contribution in [2.24, 2.45) is 0 Å². The first-order valence-electron chi connectivity index (χ1n) is 9.85. The zero-order valence-electron chi connectivity index (χ0n) is 16.9. The van der Waals surface area contributed by atoms with E-state index in [0.29, 0.717) is 5.75 Å². The van der Waals surface area contributed by atoms with Crippen LogP contribution in [0.15, 0.2) is 36.4 Å². The predicted molar refractivity (Wildman–Crippen MR) is 106 cm³/mol. The average Bonchev–Trinajstić information content (AvgIpc) is 2.62. The number of unbranched alkanes of at least 4 members (excludes halogenated alkanes) is 6. The summed E-state index contributed by atoms with van der Waals surface area (Å²) in [5, 5.41) is 20.1. The number of hydrogen-bond donors (Lipinski definition) is 2. The summed E-state index contributed by atoms with van der Waals surface area (Å²) in [4.78, 5) is 11.7. The normalized spacial score (nSPS) is 14.3. The largest absolute Gasteiger partial charge is 0.428 e. The number of rotatable bonds is 13. The SMILES string of the molecule is C=C(C)C(=O)OC(O)(Oc1ccc(CCCCCCCCC)cc1)C(C)O. The van der Waals surface area contributed by atoms with Gasteiger partial charge in [-0.1, -0.05) is 64.2 Å². The lowest BCUT2D eigenvalue weighted by atomic mass is 10.0. The molecule has 27 heavy (non-hydrogen) atoms. The molecule has 5 nitrogen and oxygen atoms in total. The molecule has 2 N–H and O–H groups in total. The van der Waals surface area contributed by atoms with Crippen molar-refractivity contribution in [3.05, 3.63) is 42.0 Å². The summed E-state index contributed by atoms with van der Waals surface area (Å²) in [6.45, 7) is 8.40. The molecular formula is C22H34O5. The number of aryl methyl sites for hydroxylation is 1. The van der Waals surface area contributed by atoms with Gasteiger partial charge in [0.25, 0.3) is 0 Å². The fourth-order valence-corrected chi connectivity index (χ4v) is 2.59. The van der Waals surface area contributed by atoms with Crippen molar-refractivity contribution < 1.29 is 24.5 Å². The minimum Gasteiger partial charge on any atom is -0.428 e. The molecule has 0 aliphatic heterocycles. The van der Waals surface area contributed by atoms with Crippen molar-refractivity contribution in [2.45, 2.75) is 84.2 Å². The molecule has 1 rings (SSSR count). The zero-order valence-corrected chi connectivity index (χ0v) is 16.9. The van der Waals surface area contributed by atoms with E-state index in [0.717, 1.165) is 12.8 Å². The van der Waals surface area contributed by atoms with Crippen LogP contribution in [0.5, 0.6) is 5.75 Å². The van der Waals surface area contributed by atoms with Gasteiger partial charge in [-0.05, 0) is 44.4 Å². The van der Waals surface area contributed by atoms with E-state index in [1.165, 1.54) is 57.9 Å². The van der Waals surface area contributed by atoms with Gasteiger partial charge >= 0.3 is 11.9 Å². The second-order valence-electron chi connectivity index (χ2n) is 7.09. The van der Waals surface area contributed by atoms with Crippen molar-refractivity contribution in [3.8, 4) is 5.75 Å². The summed E-state index contributed by atoms with van der Waals surface area (Å²) in [5.74, 6) is -3.00. The van der Waals surface area contributed by atoms with E-state index in [1.807, 2.05) is 12.1 Å². The monoisotopic (exact) mass is 378 g/mol. The molecule has 1 aromatic rings. The van der Waals surface area contributed by atoms with Gasteiger partial charge in [-0.25, -0.2) is 4.79 Å². The van der Waals surface area contributed by atoms with Crippen LogP contribution in [0, 0.1) is 0 Å². The van der Waals surface area contributed by atoms with Crippen LogP contribution in [0.25, 0.3) is 0 Å². The van der Waals surface area contributed by atoms with Gasteiger partial charge in [0, 0.05) is 5.57 Å². The van der Waals surface area contributed by atoms with Gasteiger partial charge in [0.1, 0.15) is 5.75 Å². The molecule has 5 heteroatoms. The fourth-order valence-electron chi connectivity index (χ4n) is 2.59. The molecule has 2 atom stereocenters. The highest BCUT2D eigenvalue weighted by Crippen LogP contribution is 2.23. The van der Waals surface area contributed by atoms with Crippen molar-refractivity contribution in [3.63, 3.8) is 0 Å². The van der Waals surface area contributed by atoms with Gasteiger partial charge in [0.15, 0.2) is 6.10 Å². The summed E-state index contributed by atoms with van der Waals surface area (Å²) in [5.41, 5.74) is 1.28. The third-order valence-electron chi connectivity index (χ3n) is 4.37. The Morgan fingerprint density at radius 2 is 1.67 bits per heavy atom. The smallest absolute Gasteiger partial charge is 0.398 e. The third kappa shape index (κ3) is 8.59.